The lowest BCUT2D eigenvalue weighted by atomic mass is 9.64. The fourth-order valence-electron chi connectivity index (χ4n) is 7.66. The number of hydrogen-bond acceptors (Lipinski definition) is 3. The van der Waals surface area contributed by atoms with Gasteiger partial charge in [0, 0.05) is 49.3 Å². The van der Waals surface area contributed by atoms with Gasteiger partial charge >= 0.3 is 0 Å². The molecule has 1 spiro atoms. The molecule has 186 valence electrons. The van der Waals surface area contributed by atoms with Crippen molar-refractivity contribution in [3.05, 3.63) is 70.2 Å². The summed E-state index contributed by atoms with van der Waals surface area (Å²) in [5, 5.41) is 4.44. The Bertz CT molecular complexity index is 1050. The summed E-state index contributed by atoms with van der Waals surface area (Å²) < 4.78 is 5.71. The van der Waals surface area contributed by atoms with Crippen molar-refractivity contribution in [1.29, 1.82) is 0 Å². The largest absolute Gasteiger partial charge is 0.381 e. The van der Waals surface area contributed by atoms with Gasteiger partial charge in [-0.25, -0.2) is 0 Å². The fourth-order valence-corrected chi connectivity index (χ4v) is 7.85. The molecular weight excluding hydrogens is 456 g/mol. The summed E-state index contributed by atoms with van der Waals surface area (Å²) in [7, 11) is 0. The number of ether oxygens (including phenoxy) is 1. The number of rotatable bonds is 3. The Morgan fingerprint density at radius 2 is 1.91 bits per heavy atom. The molecule has 1 aliphatic carbocycles. The molecule has 1 amide bonds. The van der Waals surface area contributed by atoms with Gasteiger partial charge in [0.05, 0.1) is 5.92 Å². The lowest BCUT2D eigenvalue weighted by molar-refractivity contribution is -0.143. The highest BCUT2D eigenvalue weighted by Gasteiger charge is 2.52. The highest BCUT2D eigenvalue weighted by Crippen LogP contribution is 2.47. The maximum atomic E-state index is 14.5. The Balaban J connectivity index is 1.30. The summed E-state index contributed by atoms with van der Waals surface area (Å²) in [6, 6.07) is 17.6. The molecule has 3 heterocycles. The van der Waals surface area contributed by atoms with Crippen LogP contribution in [-0.2, 0) is 21.4 Å². The zero-order chi connectivity index (χ0) is 23.8. The number of carbonyl (C=O) groups is 1. The van der Waals surface area contributed by atoms with Crippen LogP contribution in [0.4, 0.5) is 0 Å². The van der Waals surface area contributed by atoms with E-state index in [0.717, 1.165) is 82.8 Å². The van der Waals surface area contributed by atoms with E-state index in [0.29, 0.717) is 23.8 Å². The Hall–Kier alpha value is -1.88. The number of nitrogens with zero attached hydrogens (tertiary/aromatic N) is 1. The van der Waals surface area contributed by atoms with Gasteiger partial charge in [-0.05, 0) is 85.6 Å². The molecule has 6 rings (SSSR count). The molecule has 3 aliphatic heterocycles. The van der Waals surface area contributed by atoms with Crippen LogP contribution in [0.3, 0.4) is 0 Å². The molecule has 4 atom stereocenters. The Kier molecular flexibility index (Phi) is 6.64. The minimum Gasteiger partial charge on any atom is -0.381 e. The first-order chi connectivity index (χ1) is 17.2. The van der Waals surface area contributed by atoms with Crippen molar-refractivity contribution >= 4 is 17.5 Å². The number of hydrogen-bond donors (Lipinski definition) is 1. The maximum absolute atomic E-state index is 14.5. The molecule has 0 aromatic heterocycles. The fraction of sp³-hybridized carbons (Fsp3) is 0.567. The molecule has 1 N–H and O–H groups in total. The van der Waals surface area contributed by atoms with Gasteiger partial charge < -0.3 is 15.0 Å². The molecule has 0 bridgehead atoms. The van der Waals surface area contributed by atoms with Crippen LogP contribution in [0.25, 0.3) is 0 Å². The summed E-state index contributed by atoms with van der Waals surface area (Å²) >= 11 is 6.36. The zero-order valence-corrected chi connectivity index (χ0v) is 21.3. The van der Waals surface area contributed by atoms with Crippen LogP contribution in [0, 0.1) is 11.8 Å². The van der Waals surface area contributed by atoms with E-state index >= 15 is 0 Å². The SMILES string of the molecule is O=C([C@@H]1CNC[C@]12CCCc1cc(Cl)ccc12)N1CC[C@@H](c2ccccc2)C[C@H]1C1CCOCC1. The second-order valence-electron chi connectivity index (χ2n) is 11.2. The highest BCUT2D eigenvalue weighted by atomic mass is 35.5. The van der Waals surface area contributed by atoms with E-state index < -0.39 is 0 Å². The van der Waals surface area contributed by atoms with Gasteiger partial charge in [-0.2, -0.15) is 0 Å². The van der Waals surface area contributed by atoms with Gasteiger partial charge in [0.15, 0.2) is 0 Å². The molecule has 35 heavy (non-hydrogen) atoms. The van der Waals surface area contributed by atoms with Crippen molar-refractivity contribution in [2.75, 3.05) is 32.8 Å². The number of halogens is 1. The van der Waals surface area contributed by atoms with E-state index in [4.69, 9.17) is 16.3 Å². The van der Waals surface area contributed by atoms with Crippen LogP contribution < -0.4 is 5.32 Å². The van der Waals surface area contributed by atoms with Gasteiger partial charge in [0.25, 0.3) is 0 Å². The average Bonchev–Trinajstić information content (AvgIpc) is 3.32. The quantitative estimate of drug-likeness (QED) is 0.629. The van der Waals surface area contributed by atoms with Crippen molar-refractivity contribution < 1.29 is 9.53 Å². The van der Waals surface area contributed by atoms with Crippen LogP contribution in [0.1, 0.15) is 61.1 Å². The summed E-state index contributed by atoms with van der Waals surface area (Å²) in [6.07, 6.45) is 7.50. The standard InChI is InChI=1S/C30H37ClN2O2/c31-25-8-9-26-24(17-25)7-4-13-30(26)20-32-19-27(30)29(34)33-14-10-23(21-5-2-1-3-6-21)18-28(33)22-11-15-35-16-12-22/h1-3,5-6,8-9,17,22-23,27-28,32H,4,7,10-16,18-20H2/t23-,27+,28+,30+/m1/s1. The van der Waals surface area contributed by atoms with Gasteiger partial charge in [-0.15, -0.1) is 0 Å². The molecule has 4 aliphatic rings. The second kappa shape index (κ2) is 9.88. The molecule has 3 fully saturated rings. The van der Waals surface area contributed by atoms with Crippen LogP contribution >= 0.6 is 11.6 Å². The molecule has 0 saturated carbocycles. The van der Waals surface area contributed by atoms with E-state index in [1.54, 1.807) is 0 Å². The molecular formula is C30H37ClN2O2. The van der Waals surface area contributed by atoms with Crippen LogP contribution in [-0.4, -0.2) is 49.7 Å². The second-order valence-corrected chi connectivity index (χ2v) is 11.6. The van der Waals surface area contributed by atoms with Crippen LogP contribution in [0.2, 0.25) is 5.02 Å². The molecule has 0 unspecified atom stereocenters. The third kappa shape index (κ3) is 4.32. The first-order valence-electron chi connectivity index (χ1n) is 13.6. The van der Waals surface area contributed by atoms with Gasteiger partial charge in [-0.3, -0.25) is 4.79 Å². The summed E-state index contributed by atoms with van der Waals surface area (Å²) in [5.41, 5.74) is 4.02. The number of nitrogens with one attached hydrogen (secondary N) is 1. The number of piperidine rings is 1. The van der Waals surface area contributed by atoms with E-state index in [9.17, 15) is 4.79 Å². The lowest BCUT2D eigenvalue weighted by Crippen LogP contribution is -2.55. The number of fused-ring (bicyclic) bond motifs is 2. The monoisotopic (exact) mass is 492 g/mol. The van der Waals surface area contributed by atoms with Gasteiger partial charge in [0.1, 0.15) is 0 Å². The van der Waals surface area contributed by atoms with Crippen molar-refractivity contribution in [3.8, 4) is 0 Å². The maximum Gasteiger partial charge on any atom is 0.228 e. The smallest absolute Gasteiger partial charge is 0.228 e. The third-order valence-electron chi connectivity index (χ3n) is 9.44. The molecule has 2 aromatic rings. The number of benzene rings is 2. The number of likely N-dealkylation sites (tertiary alicyclic amines) is 1. The predicted octanol–water partition coefficient (Wildman–Crippen LogP) is 5.33. The minimum absolute atomic E-state index is 0.00154. The first-order valence-corrected chi connectivity index (χ1v) is 14.0. The summed E-state index contributed by atoms with van der Waals surface area (Å²) in [5.74, 6) is 1.43. The van der Waals surface area contributed by atoms with E-state index in [1.807, 2.05) is 6.07 Å². The first kappa shape index (κ1) is 23.5. The van der Waals surface area contributed by atoms with Crippen molar-refractivity contribution in [1.82, 2.24) is 10.2 Å². The van der Waals surface area contributed by atoms with E-state index in [1.165, 1.54) is 16.7 Å². The molecule has 5 heteroatoms. The molecule has 3 saturated heterocycles. The number of aryl methyl sites for hydroxylation is 1. The topological polar surface area (TPSA) is 41.6 Å². The molecule has 4 nitrogen and oxygen atoms in total. The Morgan fingerprint density at radius 3 is 2.74 bits per heavy atom. The third-order valence-corrected chi connectivity index (χ3v) is 9.67. The van der Waals surface area contributed by atoms with Gasteiger partial charge in [0.2, 0.25) is 5.91 Å². The predicted molar refractivity (Wildman–Crippen MR) is 140 cm³/mol. The highest BCUT2D eigenvalue weighted by molar-refractivity contribution is 6.30. The van der Waals surface area contributed by atoms with Crippen molar-refractivity contribution in [2.45, 2.75) is 62.3 Å². The van der Waals surface area contributed by atoms with E-state index in [-0.39, 0.29) is 11.3 Å². The van der Waals surface area contributed by atoms with E-state index in [2.05, 4.69) is 52.7 Å². The van der Waals surface area contributed by atoms with Crippen molar-refractivity contribution in [3.63, 3.8) is 0 Å². The summed E-state index contributed by atoms with van der Waals surface area (Å²) in [4.78, 5) is 16.8. The zero-order valence-electron chi connectivity index (χ0n) is 20.6. The normalized spacial score (nSPS) is 31.5. The Labute approximate surface area is 214 Å². The summed E-state index contributed by atoms with van der Waals surface area (Å²) in [6.45, 7) is 4.17. The Morgan fingerprint density at radius 1 is 1.09 bits per heavy atom. The molecule has 0 radical (unpaired) electrons. The van der Waals surface area contributed by atoms with Crippen LogP contribution in [0.15, 0.2) is 48.5 Å². The average molecular weight is 493 g/mol. The number of amides is 1. The van der Waals surface area contributed by atoms with Crippen LogP contribution in [0.5, 0.6) is 0 Å². The minimum atomic E-state index is -0.105. The lowest BCUT2D eigenvalue weighted by Gasteiger charge is -2.48. The molecule has 2 aromatic carbocycles. The van der Waals surface area contributed by atoms with Crippen molar-refractivity contribution in [2.24, 2.45) is 11.8 Å². The number of carbonyl (C=O) groups excluding carboxylic acids is 1. The van der Waals surface area contributed by atoms with Gasteiger partial charge in [-0.1, -0.05) is 48.0 Å².